The number of para-hydroxylation sites is 1. The molecule has 2 N–H and O–H groups in total. The van der Waals surface area contributed by atoms with Crippen molar-refractivity contribution in [3.63, 3.8) is 0 Å². The van der Waals surface area contributed by atoms with E-state index >= 15 is 0 Å². The number of rotatable bonds is 7. The van der Waals surface area contributed by atoms with Gasteiger partial charge in [0.05, 0.1) is 0 Å². The van der Waals surface area contributed by atoms with E-state index in [1.807, 2.05) is 78.4 Å². The summed E-state index contributed by atoms with van der Waals surface area (Å²) in [6.45, 7) is 1.91. The molecule has 1 amide bonds. The van der Waals surface area contributed by atoms with Crippen LogP contribution in [0.5, 0.6) is 11.5 Å². The molecule has 8 nitrogen and oxygen atoms in total. The standard InChI is InChI=1S/C27H22N6O2/c1-19-28-15-16-33(19)26-17-25(29-18-30-26)31-21-9-11-22(12-10-21)32-27(34)20-7-13-24(14-8-20)35-23-5-3-2-4-6-23/h2-18H,1H3,(H,32,34)(H,29,30,31). The first-order valence-corrected chi connectivity index (χ1v) is 11.0. The van der Waals surface area contributed by atoms with E-state index in [1.165, 1.54) is 6.33 Å². The Morgan fingerprint density at radius 1 is 0.829 bits per heavy atom. The van der Waals surface area contributed by atoms with E-state index in [0.717, 1.165) is 23.1 Å². The van der Waals surface area contributed by atoms with Gasteiger partial charge in [-0.3, -0.25) is 9.36 Å². The SMILES string of the molecule is Cc1nccn1-c1cc(Nc2ccc(NC(=O)c3ccc(Oc4ccccc4)cc3)cc2)ncn1. The lowest BCUT2D eigenvalue weighted by Crippen LogP contribution is -2.11. The van der Waals surface area contributed by atoms with Gasteiger partial charge in [-0.15, -0.1) is 0 Å². The minimum atomic E-state index is -0.201. The minimum Gasteiger partial charge on any atom is -0.457 e. The number of carbonyl (C=O) groups is 1. The van der Waals surface area contributed by atoms with Crippen LogP contribution in [0.2, 0.25) is 0 Å². The van der Waals surface area contributed by atoms with Crippen molar-refractivity contribution in [2.45, 2.75) is 6.92 Å². The molecule has 172 valence electrons. The van der Waals surface area contributed by atoms with E-state index < -0.39 is 0 Å². The highest BCUT2D eigenvalue weighted by molar-refractivity contribution is 6.04. The van der Waals surface area contributed by atoms with Gasteiger partial charge in [0.2, 0.25) is 0 Å². The lowest BCUT2D eigenvalue weighted by molar-refractivity contribution is 0.102. The summed E-state index contributed by atoms with van der Waals surface area (Å²) in [5.41, 5.74) is 2.05. The molecule has 0 aliphatic carbocycles. The number of amides is 1. The molecule has 2 aromatic heterocycles. The van der Waals surface area contributed by atoms with Crippen molar-refractivity contribution in [2.75, 3.05) is 10.6 Å². The zero-order valence-corrected chi connectivity index (χ0v) is 18.9. The molecule has 0 aliphatic rings. The lowest BCUT2D eigenvalue weighted by atomic mass is 10.2. The average Bonchev–Trinajstić information content (AvgIpc) is 3.32. The fourth-order valence-electron chi connectivity index (χ4n) is 3.45. The van der Waals surface area contributed by atoms with Crippen LogP contribution in [0, 0.1) is 6.92 Å². The Hall–Kier alpha value is -4.98. The number of imidazole rings is 1. The molecule has 3 aromatic carbocycles. The van der Waals surface area contributed by atoms with E-state index in [-0.39, 0.29) is 5.91 Å². The molecular weight excluding hydrogens is 440 g/mol. The summed E-state index contributed by atoms with van der Waals surface area (Å²) in [6, 6.07) is 25.8. The molecule has 5 rings (SSSR count). The lowest BCUT2D eigenvalue weighted by Gasteiger charge is -2.10. The zero-order chi connectivity index (χ0) is 24.0. The molecule has 0 aliphatic heterocycles. The van der Waals surface area contributed by atoms with Gasteiger partial charge in [-0.2, -0.15) is 0 Å². The Balaban J connectivity index is 1.20. The third kappa shape index (κ3) is 5.33. The summed E-state index contributed by atoms with van der Waals surface area (Å²) >= 11 is 0. The number of carbonyl (C=O) groups excluding carboxylic acids is 1. The molecule has 2 heterocycles. The fraction of sp³-hybridized carbons (Fsp3) is 0.0370. The van der Waals surface area contributed by atoms with Crippen molar-refractivity contribution in [3.8, 4) is 17.3 Å². The van der Waals surface area contributed by atoms with Gasteiger partial charge in [0.25, 0.3) is 5.91 Å². The third-order valence-electron chi connectivity index (χ3n) is 5.24. The average molecular weight is 463 g/mol. The Kier molecular flexibility index (Phi) is 6.17. The highest BCUT2D eigenvalue weighted by Crippen LogP contribution is 2.22. The summed E-state index contributed by atoms with van der Waals surface area (Å²) in [6.07, 6.45) is 5.08. The predicted octanol–water partition coefficient (Wildman–Crippen LogP) is 5.76. The topological polar surface area (TPSA) is 94.0 Å². The second-order valence-electron chi connectivity index (χ2n) is 7.70. The summed E-state index contributed by atoms with van der Waals surface area (Å²) in [7, 11) is 0. The largest absolute Gasteiger partial charge is 0.457 e. The highest BCUT2D eigenvalue weighted by atomic mass is 16.5. The minimum absolute atomic E-state index is 0.201. The van der Waals surface area contributed by atoms with E-state index in [4.69, 9.17) is 4.74 Å². The van der Waals surface area contributed by atoms with Gasteiger partial charge in [0.15, 0.2) is 0 Å². The van der Waals surface area contributed by atoms with Gasteiger partial charge in [0.1, 0.15) is 35.3 Å². The molecule has 0 atom stereocenters. The summed E-state index contributed by atoms with van der Waals surface area (Å²) < 4.78 is 7.66. The van der Waals surface area contributed by atoms with Crippen molar-refractivity contribution < 1.29 is 9.53 Å². The quantitative estimate of drug-likeness (QED) is 0.319. The summed E-state index contributed by atoms with van der Waals surface area (Å²) in [5, 5.41) is 6.16. The molecule has 8 heteroatoms. The first kappa shape index (κ1) is 21.8. The van der Waals surface area contributed by atoms with Crippen molar-refractivity contribution >= 4 is 23.1 Å². The maximum absolute atomic E-state index is 12.6. The van der Waals surface area contributed by atoms with Crippen molar-refractivity contribution in [3.05, 3.63) is 115 Å². The first-order valence-electron chi connectivity index (χ1n) is 11.0. The van der Waals surface area contributed by atoms with E-state index in [2.05, 4.69) is 25.6 Å². The Morgan fingerprint density at radius 2 is 1.54 bits per heavy atom. The molecule has 35 heavy (non-hydrogen) atoms. The molecule has 5 aromatic rings. The number of nitrogens with zero attached hydrogens (tertiary/aromatic N) is 4. The van der Waals surface area contributed by atoms with E-state index in [9.17, 15) is 4.79 Å². The van der Waals surface area contributed by atoms with Gasteiger partial charge in [0, 0.05) is 35.4 Å². The van der Waals surface area contributed by atoms with Crippen LogP contribution in [0.15, 0.2) is 104 Å². The molecule has 0 spiro atoms. The van der Waals surface area contributed by atoms with Crippen LogP contribution in [0.1, 0.15) is 16.2 Å². The van der Waals surface area contributed by atoms with E-state index in [1.54, 1.807) is 30.5 Å². The second kappa shape index (κ2) is 9.88. The molecule has 0 saturated heterocycles. The van der Waals surface area contributed by atoms with Crippen LogP contribution in [0.3, 0.4) is 0 Å². The highest BCUT2D eigenvalue weighted by Gasteiger charge is 2.08. The Morgan fingerprint density at radius 3 is 2.26 bits per heavy atom. The molecule has 0 saturated carbocycles. The molecule has 0 radical (unpaired) electrons. The van der Waals surface area contributed by atoms with Crippen LogP contribution < -0.4 is 15.4 Å². The van der Waals surface area contributed by atoms with Crippen LogP contribution in [-0.4, -0.2) is 25.4 Å². The van der Waals surface area contributed by atoms with Gasteiger partial charge in [-0.05, 0) is 67.6 Å². The molecular formula is C27H22N6O2. The number of benzene rings is 3. The van der Waals surface area contributed by atoms with Crippen LogP contribution in [0.4, 0.5) is 17.2 Å². The Bertz CT molecular complexity index is 1430. The van der Waals surface area contributed by atoms with Crippen molar-refractivity contribution in [2.24, 2.45) is 0 Å². The van der Waals surface area contributed by atoms with Gasteiger partial charge in [-0.1, -0.05) is 18.2 Å². The maximum Gasteiger partial charge on any atom is 0.255 e. The van der Waals surface area contributed by atoms with Crippen LogP contribution in [-0.2, 0) is 0 Å². The number of aromatic nitrogens is 4. The van der Waals surface area contributed by atoms with Gasteiger partial charge in [-0.25, -0.2) is 15.0 Å². The maximum atomic E-state index is 12.6. The van der Waals surface area contributed by atoms with Gasteiger partial charge < -0.3 is 15.4 Å². The summed E-state index contributed by atoms with van der Waals surface area (Å²) in [5.74, 6) is 3.42. The monoisotopic (exact) mass is 462 g/mol. The third-order valence-corrected chi connectivity index (χ3v) is 5.24. The number of hydrogen-bond acceptors (Lipinski definition) is 6. The van der Waals surface area contributed by atoms with Crippen LogP contribution in [0.25, 0.3) is 5.82 Å². The number of ether oxygens (including phenoxy) is 1. The van der Waals surface area contributed by atoms with E-state index in [0.29, 0.717) is 22.8 Å². The second-order valence-corrected chi connectivity index (χ2v) is 7.70. The predicted molar refractivity (Wildman–Crippen MR) is 135 cm³/mol. The summed E-state index contributed by atoms with van der Waals surface area (Å²) in [4.78, 5) is 25.5. The zero-order valence-electron chi connectivity index (χ0n) is 18.9. The van der Waals surface area contributed by atoms with Crippen molar-refractivity contribution in [1.29, 1.82) is 0 Å². The number of hydrogen-bond donors (Lipinski definition) is 2. The molecule has 0 fully saturated rings. The first-order chi connectivity index (χ1) is 17.1. The molecule has 0 bridgehead atoms. The van der Waals surface area contributed by atoms with Gasteiger partial charge >= 0.3 is 0 Å². The number of anilines is 3. The fourth-order valence-corrected chi connectivity index (χ4v) is 3.45. The molecule has 0 unspecified atom stereocenters. The van der Waals surface area contributed by atoms with Crippen molar-refractivity contribution in [1.82, 2.24) is 19.5 Å². The number of nitrogens with one attached hydrogen (secondary N) is 2. The normalized spacial score (nSPS) is 10.5. The Labute approximate surface area is 202 Å². The van der Waals surface area contributed by atoms with Crippen LogP contribution >= 0.6 is 0 Å². The smallest absolute Gasteiger partial charge is 0.255 e. The number of aryl methyl sites for hydroxylation is 1.